The monoisotopic (exact) mass is 173 g/mol. The molecule has 0 aliphatic carbocycles. The summed E-state index contributed by atoms with van der Waals surface area (Å²) in [6, 6.07) is 0. The van der Waals surface area contributed by atoms with E-state index in [1.807, 2.05) is 6.92 Å². The van der Waals surface area contributed by atoms with Gasteiger partial charge in [0.1, 0.15) is 0 Å². The number of rotatable bonds is 5. The Hall–Kier alpha value is -1.06. The Kier molecular flexibility index (Phi) is 5.08. The number of carbonyl (C=O) groups is 2. The lowest BCUT2D eigenvalue weighted by molar-refractivity contribution is -0.168. The van der Waals surface area contributed by atoms with Crippen LogP contribution in [0.4, 0.5) is 0 Å². The molecule has 0 rings (SSSR count). The van der Waals surface area contributed by atoms with Gasteiger partial charge in [0, 0.05) is 6.42 Å². The van der Waals surface area contributed by atoms with Crippen molar-refractivity contribution in [3.63, 3.8) is 0 Å². The second-order valence-corrected chi connectivity index (χ2v) is 2.46. The maximum Gasteiger partial charge on any atom is 0.395 e. The van der Waals surface area contributed by atoms with E-state index in [0.717, 1.165) is 0 Å². The Morgan fingerprint density at radius 1 is 1.33 bits per heavy atom. The lowest BCUT2D eigenvalue weighted by Crippen LogP contribution is -2.25. The van der Waals surface area contributed by atoms with Gasteiger partial charge in [0.15, 0.2) is 0 Å². The molecule has 4 heteroatoms. The fraction of sp³-hybridized carbons (Fsp3) is 0.750. The summed E-state index contributed by atoms with van der Waals surface area (Å²) in [5.41, 5.74) is 0. The second kappa shape index (κ2) is 5.57. The Morgan fingerprint density at radius 2 is 1.92 bits per heavy atom. The topological polar surface area (TPSA) is 63.3 Å². The van der Waals surface area contributed by atoms with E-state index < -0.39 is 18.0 Å². The molecule has 4 nitrogen and oxygen atoms in total. The van der Waals surface area contributed by atoms with Gasteiger partial charge in [0.25, 0.3) is 0 Å². The summed E-state index contributed by atoms with van der Waals surface area (Å²) >= 11 is 0. The van der Waals surface area contributed by atoms with Crippen LogP contribution in [0, 0.1) is 0 Å². The van der Waals surface area contributed by atoms with Crippen molar-refractivity contribution in [2.75, 3.05) is 0 Å². The largest absolute Gasteiger partial charge is 0.450 e. The Morgan fingerprint density at radius 3 is 2.25 bits per heavy atom. The molecule has 0 amide bonds. The summed E-state index contributed by atoms with van der Waals surface area (Å²) in [4.78, 5) is 21.1. The van der Waals surface area contributed by atoms with E-state index >= 15 is 0 Å². The van der Waals surface area contributed by atoms with Crippen LogP contribution >= 0.6 is 0 Å². The predicted octanol–water partition coefficient (Wildman–Crippen LogP) is 1.07. The van der Waals surface area contributed by atoms with E-state index in [1.165, 1.54) is 0 Å². The van der Waals surface area contributed by atoms with Crippen molar-refractivity contribution in [3.8, 4) is 0 Å². The number of ether oxygens (including phenoxy) is 1. The van der Waals surface area contributed by atoms with Gasteiger partial charge in [-0.3, -0.25) is 4.79 Å². The standard InChI is InChI=1S/C8H13O4/c1-3-5-7(9)12-6(4-2)8(10)11/h6H,3-5H2,1-2H3. The van der Waals surface area contributed by atoms with E-state index in [9.17, 15) is 14.7 Å². The Labute approximate surface area is 71.5 Å². The Bertz CT molecular complexity index is 164. The molecule has 1 unspecified atom stereocenters. The van der Waals surface area contributed by atoms with Crippen LogP contribution in [0.3, 0.4) is 0 Å². The number of carbonyl (C=O) groups excluding carboxylic acids is 2. The van der Waals surface area contributed by atoms with Crippen LogP contribution in [-0.2, 0) is 19.4 Å². The van der Waals surface area contributed by atoms with E-state index in [2.05, 4.69) is 4.74 Å². The maximum atomic E-state index is 10.8. The lowest BCUT2D eigenvalue weighted by Gasteiger charge is -2.09. The molecule has 69 valence electrons. The first-order chi connectivity index (χ1) is 5.61. The third-order valence-corrected chi connectivity index (χ3v) is 1.36. The van der Waals surface area contributed by atoms with Crippen molar-refractivity contribution >= 4 is 11.9 Å². The van der Waals surface area contributed by atoms with E-state index in [4.69, 9.17) is 0 Å². The molecular formula is C8H13O4. The van der Waals surface area contributed by atoms with Crippen LogP contribution in [-0.4, -0.2) is 18.0 Å². The quantitative estimate of drug-likeness (QED) is 0.584. The zero-order chi connectivity index (χ0) is 9.56. The summed E-state index contributed by atoms with van der Waals surface area (Å²) in [6.45, 7) is 3.45. The van der Waals surface area contributed by atoms with Crippen LogP contribution in [0.5, 0.6) is 0 Å². The number of hydrogen-bond acceptors (Lipinski definition) is 3. The fourth-order valence-electron chi connectivity index (χ4n) is 0.720. The smallest absolute Gasteiger partial charge is 0.395 e. The van der Waals surface area contributed by atoms with Gasteiger partial charge in [0.2, 0.25) is 6.10 Å². The van der Waals surface area contributed by atoms with Crippen molar-refractivity contribution in [1.82, 2.24) is 0 Å². The highest BCUT2D eigenvalue weighted by atomic mass is 16.6. The van der Waals surface area contributed by atoms with Gasteiger partial charge in [0.05, 0.1) is 0 Å². The van der Waals surface area contributed by atoms with Gasteiger partial charge >= 0.3 is 11.9 Å². The van der Waals surface area contributed by atoms with Crippen molar-refractivity contribution in [2.45, 2.75) is 39.2 Å². The molecule has 0 saturated carbocycles. The molecule has 0 aromatic carbocycles. The molecular weight excluding hydrogens is 160 g/mol. The lowest BCUT2D eigenvalue weighted by atomic mass is 10.3. The molecule has 0 aliphatic heterocycles. The maximum absolute atomic E-state index is 10.8. The van der Waals surface area contributed by atoms with Crippen molar-refractivity contribution in [1.29, 1.82) is 0 Å². The summed E-state index contributed by atoms with van der Waals surface area (Å²) in [5, 5.41) is 10.3. The average molecular weight is 173 g/mol. The normalized spacial score (nSPS) is 12.2. The fourth-order valence-corrected chi connectivity index (χ4v) is 0.720. The van der Waals surface area contributed by atoms with Crippen molar-refractivity contribution in [3.05, 3.63) is 0 Å². The molecule has 0 aromatic heterocycles. The molecule has 0 saturated heterocycles. The molecule has 0 N–H and O–H groups in total. The van der Waals surface area contributed by atoms with Crippen LogP contribution in [0.25, 0.3) is 0 Å². The number of hydrogen-bond donors (Lipinski definition) is 0. The highest BCUT2D eigenvalue weighted by molar-refractivity contribution is 5.77. The summed E-state index contributed by atoms with van der Waals surface area (Å²) < 4.78 is 4.60. The zero-order valence-electron chi connectivity index (χ0n) is 7.33. The van der Waals surface area contributed by atoms with Crippen LogP contribution in [0.2, 0.25) is 0 Å². The number of esters is 1. The average Bonchev–Trinajstić information content (AvgIpc) is 2.00. The van der Waals surface area contributed by atoms with Gasteiger partial charge in [-0.05, 0) is 12.8 Å². The highest BCUT2D eigenvalue weighted by Crippen LogP contribution is 2.01. The first-order valence-corrected chi connectivity index (χ1v) is 4.02. The van der Waals surface area contributed by atoms with Gasteiger partial charge in [-0.15, -0.1) is 0 Å². The van der Waals surface area contributed by atoms with Gasteiger partial charge in [-0.2, -0.15) is 0 Å². The minimum absolute atomic E-state index is 0.248. The summed E-state index contributed by atoms with van der Waals surface area (Å²) in [5.74, 6) is -1.81. The molecule has 0 aromatic rings. The summed E-state index contributed by atoms with van der Waals surface area (Å²) in [6.07, 6.45) is 0.0632. The van der Waals surface area contributed by atoms with Gasteiger partial charge in [-0.1, -0.05) is 13.8 Å². The third-order valence-electron chi connectivity index (χ3n) is 1.36. The van der Waals surface area contributed by atoms with E-state index in [0.29, 0.717) is 6.42 Å². The minimum Gasteiger partial charge on any atom is -0.450 e. The van der Waals surface area contributed by atoms with E-state index in [-0.39, 0.29) is 12.8 Å². The van der Waals surface area contributed by atoms with Crippen LogP contribution in [0.15, 0.2) is 0 Å². The van der Waals surface area contributed by atoms with Crippen LogP contribution < -0.4 is 0 Å². The first kappa shape index (κ1) is 10.9. The van der Waals surface area contributed by atoms with E-state index in [1.54, 1.807) is 6.92 Å². The van der Waals surface area contributed by atoms with Crippen LogP contribution in [0.1, 0.15) is 33.1 Å². The molecule has 0 spiro atoms. The molecule has 1 radical (unpaired) electrons. The van der Waals surface area contributed by atoms with Gasteiger partial charge < -0.3 is 4.74 Å². The second-order valence-electron chi connectivity index (χ2n) is 2.46. The summed E-state index contributed by atoms with van der Waals surface area (Å²) in [7, 11) is 0. The van der Waals surface area contributed by atoms with Crippen molar-refractivity contribution in [2.24, 2.45) is 0 Å². The predicted molar refractivity (Wildman–Crippen MR) is 40.8 cm³/mol. The first-order valence-electron chi connectivity index (χ1n) is 4.02. The van der Waals surface area contributed by atoms with Crippen molar-refractivity contribution < 1.29 is 19.4 Å². The molecule has 0 heterocycles. The minimum atomic E-state index is -1.33. The highest BCUT2D eigenvalue weighted by Gasteiger charge is 2.20. The van der Waals surface area contributed by atoms with Gasteiger partial charge in [-0.25, -0.2) is 9.90 Å². The molecule has 0 fully saturated rings. The zero-order valence-corrected chi connectivity index (χ0v) is 7.33. The molecule has 12 heavy (non-hydrogen) atoms. The molecule has 0 bridgehead atoms. The third kappa shape index (κ3) is 3.95. The molecule has 0 aliphatic rings. The molecule has 1 atom stereocenters. The Balaban J connectivity index is 3.85. The SMILES string of the molecule is CCCC(=O)OC(CC)C([O])=O.